The molecular formula is C54H108NdO9P3. The van der Waals surface area contributed by atoms with Gasteiger partial charge in [0.15, 0.2) is 0 Å². The van der Waals surface area contributed by atoms with Crippen molar-refractivity contribution in [3.05, 3.63) is 36.5 Å². The molecule has 0 aromatic carbocycles. The van der Waals surface area contributed by atoms with E-state index in [1.54, 1.807) is 0 Å². The van der Waals surface area contributed by atoms with Crippen LogP contribution in [0.3, 0.4) is 0 Å². The molecule has 3 unspecified atom stereocenters. The van der Waals surface area contributed by atoms with Crippen LogP contribution in [0.15, 0.2) is 36.5 Å². The van der Waals surface area contributed by atoms with Gasteiger partial charge in [0.2, 0.25) is 0 Å². The zero-order chi connectivity index (χ0) is 48.9. The van der Waals surface area contributed by atoms with Crippen molar-refractivity contribution in [3.63, 3.8) is 0 Å². The zero-order valence-electron chi connectivity index (χ0n) is 44.0. The molecule has 0 bridgehead atoms. The van der Waals surface area contributed by atoms with Crippen LogP contribution in [0.5, 0.6) is 0 Å². The second kappa shape index (κ2) is 71.3. The minimum atomic E-state index is -2.96. The van der Waals surface area contributed by atoms with Crippen LogP contribution in [-0.2, 0) is 27.3 Å². The molecular weight excluding hydrogens is 1030 g/mol. The van der Waals surface area contributed by atoms with E-state index in [0.717, 1.165) is 38.5 Å². The number of allylic oxidation sites excluding steroid dienone is 6. The second-order valence-corrected chi connectivity index (χ2v) is 20.5. The van der Waals surface area contributed by atoms with Crippen LogP contribution >= 0.6 is 24.8 Å². The minimum absolute atomic E-state index is 0. The Kier molecular flexibility index (Phi) is 79.3. The Morgan fingerprint density at radius 2 is 0.418 bits per heavy atom. The molecule has 3 atom stereocenters. The summed E-state index contributed by atoms with van der Waals surface area (Å²) in [6.07, 6.45) is 66.9. The summed E-state index contributed by atoms with van der Waals surface area (Å²) in [5, 5.41) is 0. The number of hydrogen-bond acceptors (Lipinski definition) is 9. The maximum absolute atomic E-state index is 10.2. The molecule has 0 aliphatic carbocycles. The standard InChI is InChI=1S/3C18H37O3P.Nd/c3*1-2-3-4-5-6-7-8-9-10-11-12-13-14-15-16-17-18-21-22(19)20;/h3*9-10,22H,2-8,11-18H2,1H3,(H,19,20);/q;;;+3/p-3/b3*10-9-;. The fourth-order valence-corrected chi connectivity index (χ4v) is 8.45. The molecule has 1 radical (unpaired) electrons. The van der Waals surface area contributed by atoms with Gasteiger partial charge in [-0.15, -0.1) is 0 Å². The van der Waals surface area contributed by atoms with Gasteiger partial charge in [0.25, 0.3) is 0 Å². The molecule has 0 spiro atoms. The third-order valence-corrected chi connectivity index (χ3v) is 12.9. The maximum atomic E-state index is 10.2. The van der Waals surface area contributed by atoms with E-state index in [1.807, 2.05) is 0 Å². The van der Waals surface area contributed by atoms with Crippen molar-refractivity contribution in [3.8, 4) is 0 Å². The first-order chi connectivity index (χ1) is 32.3. The Balaban J connectivity index is -0.000000441. The van der Waals surface area contributed by atoms with E-state index in [-0.39, 0.29) is 40.8 Å². The van der Waals surface area contributed by atoms with E-state index in [1.165, 1.54) is 231 Å². The van der Waals surface area contributed by atoms with Crippen LogP contribution in [0.1, 0.15) is 290 Å². The number of rotatable bonds is 51. The largest absolute Gasteiger partial charge is 3.00 e. The third kappa shape index (κ3) is 84.2. The normalized spacial score (nSPS) is 12.8. The van der Waals surface area contributed by atoms with E-state index in [4.69, 9.17) is 0 Å². The van der Waals surface area contributed by atoms with Gasteiger partial charge < -0.3 is 41.9 Å². The first-order valence-corrected chi connectivity index (χ1v) is 31.4. The van der Waals surface area contributed by atoms with Gasteiger partial charge in [-0.2, -0.15) is 0 Å². The predicted molar refractivity (Wildman–Crippen MR) is 283 cm³/mol. The van der Waals surface area contributed by atoms with Gasteiger partial charge >= 0.3 is 40.8 Å². The van der Waals surface area contributed by atoms with Crippen molar-refractivity contribution < 1.29 is 82.8 Å². The molecule has 0 saturated carbocycles. The van der Waals surface area contributed by atoms with E-state index in [9.17, 15) is 28.4 Å². The Morgan fingerprint density at radius 1 is 0.269 bits per heavy atom. The summed E-state index contributed by atoms with van der Waals surface area (Å²) >= 11 is 0. The summed E-state index contributed by atoms with van der Waals surface area (Å²) in [5.41, 5.74) is 0. The monoisotopic (exact) mass is 1140 g/mol. The van der Waals surface area contributed by atoms with Crippen molar-refractivity contribution in [1.29, 1.82) is 0 Å². The summed E-state index contributed by atoms with van der Waals surface area (Å²) in [6, 6.07) is 0. The zero-order valence-corrected chi connectivity index (χ0v) is 50.2. The van der Waals surface area contributed by atoms with Crippen LogP contribution in [0.2, 0.25) is 0 Å². The summed E-state index contributed by atoms with van der Waals surface area (Å²) < 4.78 is 44.2. The van der Waals surface area contributed by atoms with Gasteiger partial charge in [0, 0.05) is 0 Å². The summed E-state index contributed by atoms with van der Waals surface area (Å²) in [4.78, 5) is 30.6. The van der Waals surface area contributed by atoms with Crippen molar-refractivity contribution in [2.45, 2.75) is 290 Å². The summed E-state index contributed by atoms with van der Waals surface area (Å²) in [5.74, 6) is 0. The van der Waals surface area contributed by atoms with Gasteiger partial charge in [-0.1, -0.05) is 231 Å². The fourth-order valence-electron chi connectivity index (χ4n) is 7.52. The predicted octanol–water partition coefficient (Wildman–Crippen LogP) is 17.4. The van der Waals surface area contributed by atoms with Crippen LogP contribution in [0.25, 0.3) is 0 Å². The molecule has 397 valence electrons. The van der Waals surface area contributed by atoms with E-state index < -0.39 is 24.8 Å². The third-order valence-electron chi connectivity index (χ3n) is 11.6. The smallest absolute Gasteiger partial charge is 0.781 e. The van der Waals surface area contributed by atoms with E-state index in [0.29, 0.717) is 19.8 Å². The second-order valence-electron chi connectivity index (χ2n) is 18.1. The first kappa shape index (κ1) is 74.5. The average molecular weight is 1140 g/mol. The van der Waals surface area contributed by atoms with Crippen molar-refractivity contribution in [2.24, 2.45) is 0 Å². The Morgan fingerprint density at radius 3 is 0.582 bits per heavy atom. The molecule has 9 nitrogen and oxygen atoms in total. The van der Waals surface area contributed by atoms with Gasteiger partial charge in [0.1, 0.15) is 24.8 Å². The molecule has 0 saturated heterocycles. The molecule has 0 N–H and O–H groups in total. The van der Waals surface area contributed by atoms with Crippen LogP contribution < -0.4 is 14.7 Å². The SMILES string of the molecule is CCCCCCCC/C=C\CCCCCCCCO[PH](=O)[O-].CCCCCCCC/C=C\CCCCCCCCO[PH](=O)[O-].CCCCCCCC/C=C\CCCCCCCCO[PH](=O)[O-].[Nd+3]. The molecule has 0 aromatic heterocycles. The minimum Gasteiger partial charge on any atom is -0.781 e. The molecule has 0 fully saturated rings. The molecule has 0 aromatic rings. The molecule has 0 amide bonds. The molecule has 67 heavy (non-hydrogen) atoms. The number of unbranched alkanes of at least 4 members (excludes halogenated alkanes) is 36. The molecule has 13 heteroatoms. The fraction of sp³-hybridized carbons (Fsp3) is 0.889. The van der Waals surface area contributed by atoms with Crippen molar-refractivity contribution >= 4 is 24.8 Å². The van der Waals surface area contributed by atoms with Crippen molar-refractivity contribution in [1.82, 2.24) is 0 Å². The summed E-state index contributed by atoms with van der Waals surface area (Å²) in [7, 11) is -8.89. The number of hydrogen-bond donors (Lipinski definition) is 0. The molecule has 0 heterocycles. The molecule has 0 rings (SSSR count). The maximum Gasteiger partial charge on any atom is 3.00 e. The average Bonchev–Trinajstić information content (AvgIpc) is 3.29. The first-order valence-electron chi connectivity index (χ1n) is 27.8. The van der Waals surface area contributed by atoms with Gasteiger partial charge in [-0.05, 0) is 96.3 Å². The van der Waals surface area contributed by atoms with Gasteiger partial charge in [-0.3, -0.25) is 0 Å². The molecule has 0 aliphatic rings. The Bertz CT molecular complexity index is 937. The van der Waals surface area contributed by atoms with Crippen LogP contribution in [-0.4, -0.2) is 19.8 Å². The van der Waals surface area contributed by atoms with E-state index >= 15 is 0 Å². The Hall–Kier alpha value is 1.02. The topological polar surface area (TPSA) is 148 Å². The van der Waals surface area contributed by atoms with Crippen LogP contribution in [0.4, 0.5) is 0 Å². The summed E-state index contributed by atoms with van der Waals surface area (Å²) in [6.45, 7) is 7.87. The Labute approximate surface area is 450 Å². The van der Waals surface area contributed by atoms with Crippen LogP contribution in [0, 0.1) is 40.8 Å². The van der Waals surface area contributed by atoms with Gasteiger partial charge in [0.05, 0.1) is 19.8 Å². The van der Waals surface area contributed by atoms with Gasteiger partial charge in [-0.25, -0.2) is 0 Å². The van der Waals surface area contributed by atoms with E-state index in [2.05, 4.69) is 70.8 Å². The van der Waals surface area contributed by atoms with Crippen molar-refractivity contribution in [2.75, 3.05) is 19.8 Å². The quantitative estimate of drug-likeness (QED) is 0.0330. The molecule has 0 aliphatic heterocycles.